The summed E-state index contributed by atoms with van der Waals surface area (Å²) in [6, 6.07) is 6.80. The number of carbonyl (C=O) groups excluding carboxylic acids is 1. The molecule has 0 bridgehead atoms. The van der Waals surface area contributed by atoms with Crippen LogP contribution >= 0.6 is 11.8 Å². The average Bonchev–Trinajstić information content (AvgIpc) is 2.42. The summed E-state index contributed by atoms with van der Waals surface area (Å²) in [6.07, 6.45) is 0.384. The zero-order valence-electron chi connectivity index (χ0n) is 12.0. The molecule has 1 unspecified atom stereocenters. The van der Waals surface area contributed by atoms with E-state index in [-0.39, 0.29) is 5.91 Å². The first-order valence-electron chi connectivity index (χ1n) is 6.51. The van der Waals surface area contributed by atoms with Crippen LogP contribution in [0, 0.1) is 18.3 Å². The highest BCUT2D eigenvalue weighted by atomic mass is 32.2. The summed E-state index contributed by atoms with van der Waals surface area (Å²) in [4.78, 5) is 21.9. The topological polar surface area (TPSA) is 90.2 Å². The van der Waals surface area contributed by atoms with E-state index in [1.165, 1.54) is 6.92 Å². The van der Waals surface area contributed by atoms with Gasteiger partial charge in [0.1, 0.15) is 6.04 Å². The molecular weight excluding hydrogens is 288 g/mol. The van der Waals surface area contributed by atoms with Gasteiger partial charge in [0.2, 0.25) is 5.91 Å². The van der Waals surface area contributed by atoms with Gasteiger partial charge in [-0.25, -0.2) is 4.79 Å². The molecule has 1 aromatic rings. The summed E-state index contributed by atoms with van der Waals surface area (Å²) >= 11 is 1.61. The number of carboxylic acids is 1. The Morgan fingerprint density at radius 1 is 1.48 bits per heavy atom. The number of benzene rings is 1. The van der Waals surface area contributed by atoms with Gasteiger partial charge in [-0.15, -0.1) is 0 Å². The number of nitrogens with one attached hydrogen (secondary N) is 1. The van der Waals surface area contributed by atoms with Crippen molar-refractivity contribution in [3.63, 3.8) is 0 Å². The quantitative estimate of drug-likeness (QED) is 0.753. The Hall–Kier alpha value is -2.00. The molecular formula is C15H18N2O3S. The van der Waals surface area contributed by atoms with Crippen molar-refractivity contribution < 1.29 is 14.7 Å². The number of amides is 1. The summed E-state index contributed by atoms with van der Waals surface area (Å²) in [7, 11) is 0. The lowest BCUT2D eigenvalue weighted by molar-refractivity contribution is -0.141. The third-order valence-corrected chi connectivity index (χ3v) is 4.00. The fourth-order valence-corrected chi connectivity index (χ4v) is 2.90. The second-order valence-corrected chi connectivity index (χ2v) is 5.79. The zero-order valence-corrected chi connectivity index (χ0v) is 12.9. The van der Waals surface area contributed by atoms with Crippen molar-refractivity contribution >= 4 is 23.6 Å². The van der Waals surface area contributed by atoms with Crippen LogP contribution in [0.25, 0.3) is 0 Å². The monoisotopic (exact) mass is 306 g/mol. The summed E-state index contributed by atoms with van der Waals surface area (Å²) in [5, 5.41) is 20.2. The fourth-order valence-electron chi connectivity index (χ4n) is 1.81. The van der Waals surface area contributed by atoms with E-state index in [1.807, 2.05) is 19.1 Å². The Morgan fingerprint density at radius 2 is 2.19 bits per heavy atom. The molecule has 0 aliphatic heterocycles. The maximum absolute atomic E-state index is 11.0. The molecule has 1 aromatic carbocycles. The Balaban J connectivity index is 2.45. The van der Waals surface area contributed by atoms with Gasteiger partial charge in [0, 0.05) is 12.7 Å². The second-order valence-electron chi connectivity index (χ2n) is 4.69. The summed E-state index contributed by atoms with van der Waals surface area (Å²) in [5.41, 5.74) is 2.82. The molecule has 21 heavy (non-hydrogen) atoms. The highest BCUT2D eigenvalue weighted by Gasteiger charge is 2.17. The molecule has 0 heterocycles. The van der Waals surface area contributed by atoms with Crippen LogP contribution in [0.4, 0.5) is 0 Å². The van der Waals surface area contributed by atoms with Crippen molar-refractivity contribution in [2.45, 2.75) is 32.1 Å². The number of rotatable bonds is 7. The first kappa shape index (κ1) is 17.1. The molecule has 0 aliphatic rings. The van der Waals surface area contributed by atoms with Crippen LogP contribution in [0.3, 0.4) is 0 Å². The number of carbonyl (C=O) groups is 2. The minimum absolute atomic E-state index is 0.338. The van der Waals surface area contributed by atoms with Gasteiger partial charge in [0.15, 0.2) is 0 Å². The molecule has 0 spiro atoms. The van der Waals surface area contributed by atoms with Crippen molar-refractivity contribution in [2.75, 3.05) is 5.75 Å². The predicted octanol–water partition coefficient (Wildman–Crippen LogP) is 2.08. The number of hydrogen-bond acceptors (Lipinski definition) is 4. The van der Waals surface area contributed by atoms with Crippen LogP contribution in [0.1, 0.15) is 30.0 Å². The van der Waals surface area contributed by atoms with Crippen LogP contribution in [0.15, 0.2) is 18.2 Å². The minimum Gasteiger partial charge on any atom is -0.480 e. The fraction of sp³-hybridized carbons (Fsp3) is 0.400. The number of aliphatic carboxylic acids is 1. The number of nitrogens with zero attached hydrogens (tertiary/aromatic N) is 1. The van der Waals surface area contributed by atoms with Gasteiger partial charge in [0.05, 0.1) is 11.6 Å². The van der Waals surface area contributed by atoms with E-state index < -0.39 is 12.0 Å². The number of thioether (sulfide) groups is 1. The standard InChI is InChI=1S/C15H18N2O3S/c1-10-7-12(8-16)3-4-13(10)9-21-6-5-14(15(19)20)17-11(2)18/h3-4,7,14H,5-6,9H2,1-2H3,(H,17,18)(H,19,20). The number of hydrogen-bond donors (Lipinski definition) is 2. The SMILES string of the molecule is CC(=O)NC(CCSCc1ccc(C#N)cc1C)C(=O)O. The maximum Gasteiger partial charge on any atom is 0.326 e. The molecule has 2 N–H and O–H groups in total. The van der Waals surface area contributed by atoms with Crippen molar-refractivity contribution in [1.29, 1.82) is 5.26 Å². The van der Waals surface area contributed by atoms with E-state index in [9.17, 15) is 9.59 Å². The Labute approximate surface area is 128 Å². The Morgan fingerprint density at radius 3 is 2.71 bits per heavy atom. The predicted molar refractivity (Wildman–Crippen MR) is 81.9 cm³/mol. The molecule has 0 aliphatic carbocycles. The lowest BCUT2D eigenvalue weighted by Gasteiger charge is -2.13. The van der Waals surface area contributed by atoms with Crippen LogP contribution in [0.2, 0.25) is 0 Å². The van der Waals surface area contributed by atoms with Gasteiger partial charge in [-0.3, -0.25) is 4.79 Å². The first-order valence-corrected chi connectivity index (χ1v) is 7.66. The van der Waals surface area contributed by atoms with Crippen molar-refractivity contribution in [3.05, 3.63) is 34.9 Å². The molecule has 0 fully saturated rings. The molecule has 112 valence electrons. The van der Waals surface area contributed by atoms with E-state index in [0.717, 1.165) is 16.9 Å². The molecule has 0 saturated carbocycles. The van der Waals surface area contributed by atoms with Crippen LogP contribution in [0.5, 0.6) is 0 Å². The van der Waals surface area contributed by atoms with Gasteiger partial charge in [0.25, 0.3) is 0 Å². The normalized spacial score (nSPS) is 11.5. The van der Waals surface area contributed by atoms with Gasteiger partial charge in [-0.2, -0.15) is 17.0 Å². The van der Waals surface area contributed by atoms with Crippen LogP contribution in [-0.4, -0.2) is 28.8 Å². The smallest absolute Gasteiger partial charge is 0.326 e. The van der Waals surface area contributed by atoms with E-state index in [0.29, 0.717) is 17.7 Å². The molecule has 5 nitrogen and oxygen atoms in total. The van der Waals surface area contributed by atoms with Gasteiger partial charge in [-0.1, -0.05) is 6.07 Å². The third kappa shape index (κ3) is 5.88. The second kappa shape index (κ2) is 8.32. The van der Waals surface area contributed by atoms with E-state index >= 15 is 0 Å². The average molecular weight is 306 g/mol. The highest BCUT2D eigenvalue weighted by Crippen LogP contribution is 2.18. The molecule has 1 rings (SSSR count). The van der Waals surface area contributed by atoms with Crippen molar-refractivity contribution in [3.8, 4) is 6.07 Å². The number of aryl methyl sites for hydroxylation is 1. The van der Waals surface area contributed by atoms with E-state index in [1.54, 1.807) is 17.8 Å². The molecule has 1 atom stereocenters. The summed E-state index contributed by atoms with van der Waals surface area (Å²) < 4.78 is 0. The van der Waals surface area contributed by atoms with Crippen molar-refractivity contribution in [1.82, 2.24) is 5.32 Å². The van der Waals surface area contributed by atoms with Crippen LogP contribution < -0.4 is 5.32 Å². The Bertz CT molecular complexity index is 567. The van der Waals surface area contributed by atoms with Gasteiger partial charge in [-0.05, 0) is 42.4 Å². The molecule has 0 saturated heterocycles. The van der Waals surface area contributed by atoms with Gasteiger partial charge >= 0.3 is 5.97 Å². The molecule has 6 heteroatoms. The zero-order chi connectivity index (χ0) is 15.8. The molecule has 0 aromatic heterocycles. The molecule has 1 amide bonds. The number of nitriles is 1. The van der Waals surface area contributed by atoms with E-state index in [4.69, 9.17) is 10.4 Å². The van der Waals surface area contributed by atoms with Crippen molar-refractivity contribution in [2.24, 2.45) is 0 Å². The summed E-state index contributed by atoms with van der Waals surface area (Å²) in [6.45, 7) is 3.26. The number of carboxylic acid groups (broad SMARTS) is 1. The first-order chi connectivity index (χ1) is 9.93. The highest BCUT2D eigenvalue weighted by molar-refractivity contribution is 7.98. The lowest BCUT2D eigenvalue weighted by atomic mass is 10.1. The van der Waals surface area contributed by atoms with E-state index in [2.05, 4.69) is 11.4 Å². The third-order valence-electron chi connectivity index (χ3n) is 2.96. The Kier molecular flexibility index (Phi) is 6.76. The van der Waals surface area contributed by atoms with Crippen LogP contribution in [-0.2, 0) is 15.3 Å². The van der Waals surface area contributed by atoms with Gasteiger partial charge < -0.3 is 10.4 Å². The summed E-state index contributed by atoms with van der Waals surface area (Å²) in [5.74, 6) is 0.0383. The molecule has 0 radical (unpaired) electrons. The maximum atomic E-state index is 11.0. The lowest BCUT2D eigenvalue weighted by Crippen LogP contribution is -2.39. The minimum atomic E-state index is -1.01. The largest absolute Gasteiger partial charge is 0.480 e.